The number of aliphatic imine (C=N–C) groups is 1. The first kappa shape index (κ1) is 15.6. The maximum atomic E-state index is 13.9. The number of fused-ring (bicyclic) bond motifs is 1. The second kappa shape index (κ2) is 5.41. The van der Waals surface area contributed by atoms with E-state index in [2.05, 4.69) is 4.99 Å². The minimum absolute atomic E-state index is 0.149. The van der Waals surface area contributed by atoms with Crippen molar-refractivity contribution in [3.63, 3.8) is 0 Å². The SMILES string of the molecule is COc1ccc([C@@]2(C(F)(F)F)C=Nc3c(C)cccc3C2)cc1. The molecule has 0 amide bonds. The number of alkyl halides is 3. The molecule has 0 unspecified atom stereocenters. The predicted molar refractivity (Wildman–Crippen MR) is 83.8 cm³/mol. The van der Waals surface area contributed by atoms with E-state index in [1.54, 1.807) is 24.3 Å². The number of hydrogen-bond acceptors (Lipinski definition) is 2. The van der Waals surface area contributed by atoms with Gasteiger partial charge in [-0.05, 0) is 42.2 Å². The fourth-order valence-corrected chi connectivity index (χ4v) is 2.97. The number of benzene rings is 2. The van der Waals surface area contributed by atoms with Gasteiger partial charge in [0.2, 0.25) is 0 Å². The Morgan fingerprint density at radius 1 is 1.09 bits per heavy atom. The summed E-state index contributed by atoms with van der Waals surface area (Å²) in [6.07, 6.45) is -3.54. The molecule has 3 rings (SSSR count). The highest BCUT2D eigenvalue weighted by atomic mass is 19.4. The Labute approximate surface area is 132 Å². The van der Waals surface area contributed by atoms with E-state index in [0.717, 1.165) is 11.8 Å². The zero-order valence-corrected chi connectivity index (χ0v) is 12.8. The summed E-state index contributed by atoms with van der Waals surface area (Å²) in [6, 6.07) is 11.3. The van der Waals surface area contributed by atoms with Crippen molar-refractivity contribution < 1.29 is 17.9 Å². The molecule has 0 aliphatic carbocycles. The lowest BCUT2D eigenvalue weighted by Gasteiger charge is -2.36. The summed E-state index contributed by atoms with van der Waals surface area (Å²) in [6.45, 7) is 1.85. The van der Waals surface area contributed by atoms with Gasteiger partial charge in [0, 0.05) is 6.21 Å². The van der Waals surface area contributed by atoms with E-state index >= 15 is 0 Å². The van der Waals surface area contributed by atoms with Gasteiger partial charge in [0.05, 0.1) is 12.8 Å². The predicted octanol–water partition coefficient (Wildman–Crippen LogP) is 4.76. The van der Waals surface area contributed by atoms with Crippen LogP contribution in [0.4, 0.5) is 18.9 Å². The van der Waals surface area contributed by atoms with Gasteiger partial charge in [0.15, 0.2) is 0 Å². The van der Waals surface area contributed by atoms with E-state index in [0.29, 0.717) is 17.0 Å². The molecule has 2 aromatic carbocycles. The average molecular weight is 319 g/mol. The molecule has 0 bridgehead atoms. The van der Waals surface area contributed by atoms with Gasteiger partial charge in [-0.15, -0.1) is 0 Å². The smallest absolute Gasteiger partial charge is 0.403 e. The third kappa shape index (κ3) is 2.50. The van der Waals surface area contributed by atoms with Gasteiger partial charge >= 0.3 is 6.18 Å². The highest BCUT2D eigenvalue weighted by molar-refractivity contribution is 5.82. The summed E-state index contributed by atoms with van der Waals surface area (Å²) < 4.78 is 46.8. The number of nitrogens with zero attached hydrogens (tertiary/aromatic N) is 1. The van der Waals surface area contributed by atoms with Gasteiger partial charge in [0.1, 0.15) is 11.2 Å². The highest BCUT2D eigenvalue weighted by Gasteiger charge is 2.56. The van der Waals surface area contributed by atoms with Crippen LogP contribution in [-0.4, -0.2) is 19.5 Å². The van der Waals surface area contributed by atoms with Crippen molar-refractivity contribution in [2.75, 3.05) is 7.11 Å². The van der Waals surface area contributed by atoms with Gasteiger partial charge in [-0.1, -0.05) is 30.3 Å². The van der Waals surface area contributed by atoms with Gasteiger partial charge in [-0.3, -0.25) is 4.99 Å². The van der Waals surface area contributed by atoms with E-state index in [1.807, 2.05) is 13.0 Å². The molecule has 1 heterocycles. The first-order valence-corrected chi connectivity index (χ1v) is 7.22. The molecular weight excluding hydrogens is 303 g/mol. The van der Waals surface area contributed by atoms with Crippen LogP contribution in [0.5, 0.6) is 5.75 Å². The molecule has 0 radical (unpaired) electrons. The molecule has 0 aromatic heterocycles. The van der Waals surface area contributed by atoms with Crippen molar-refractivity contribution in [2.45, 2.75) is 24.9 Å². The molecule has 1 aliphatic rings. The molecular formula is C18H16F3NO. The Balaban J connectivity index is 2.14. The maximum absolute atomic E-state index is 13.9. The first-order chi connectivity index (χ1) is 10.9. The second-order valence-corrected chi connectivity index (χ2v) is 5.72. The normalized spacial score (nSPS) is 20.2. The zero-order chi connectivity index (χ0) is 16.7. The fourth-order valence-electron chi connectivity index (χ4n) is 2.97. The van der Waals surface area contributed by atoms with Crippen molar-refractivity contribution in [3.8, 4) is 5.75 Å². The summed E-state index contributed by atoms with van der Waals surface area (Å²) in [5.74, 6) is 0.523. The lowest BCUT2D eigenvalue weighted by atomic mass is 9.74. The van der Waals surface area contributed by atoms with Crippen molar-refractivity contribution in [1.29, 1.82) is 0 Å². The first-order valence-electron chi connectivity index (χ1n) is 7.22. The van der Waals surface area contributed by atoms with Gasteiger partial charge < -0.3 is 4.74 Å². The number of hydrogen-bond donors (Lipinski definition) is 0. The molecule has 120 valence electrons. The van der Waals surface area contributed by atoms with E-state index in [-0.39, 0.29) is 12.0 Å². The largest absolute Gasteiger partial charge is 0.497 e. The van der Waals surface area contributed by atoms with Gasteiger partial charge in [-0.2, -0.15) is 13.2 Å². The Bertz CT molecular complexity index is 750. The van der Waals surface area contributed by atoms with Crippen molar-refractivity contribution in [3.05, 3.63) is 59.2 Å². The van der Waals surface area contributed by atoms with Crippen molar-refractivity contribution in [2.24, 2.45) is 4.99 Å². The number of para-hydroxylation sites is 1. The number of aryl methyl sites for hydroxylation is 1. The van der Waals surface area contributed by atoms with Crippen LogP contribution in [0.25, 0.3) is 0 Å². The highest BCUT2D eigenvalue weighted by Crippen LogP contribution is 2.47. The van der Waals surface area contributed by atoms with Crippen molar-refractivity contribution in [1.82, 2.24) is 0 Å². The third-order valence-electron chi connectivity index (χ3n) is 4.32. The Hall–Kier alpha value is -2.30. The number of rotatable bonds is 2. The van der Waals surface area contributed by atoms with Crippen LogP contribution in [-0.2, 0) is 11.8 Å². The summed E-state index contributed by atoms with van der Waals surface area (Å²) in [5.41, 5.74) is 0.188. The fraction of sp³-hybridized carbons (Fsp3) is 0.278. The molecule has 5 heteroatoms. The molecule has 0 fully saturated rings. The standard InChI is InChI=1S/C18H16F3NO/c1-12-4-3-5-13-10-17(18(19,20)21,11-22-16(12)13)14-6-8-15(23-2)9-7-14/h3-9,11H,10H2,1-2H3/t17-/m0/s1. The molecule has 2 aromatic rings. The van der Waals surface area contributed by atoms with Crippen LogP contribution in [0.1, 0.15) is 16.7 Å². The monoisotopic (exact) mass is 319 g/mol. The van der Waals surface area contributed by atoms with E-state index in [9.17, 15) is 13.2 Å². The Kier molecular flexibility index (Phi) is 3.66. The van der Waals surface area contributed by atoms with Crippen molar-refractivity contribution >= 4 is 11.9 Å². The quantitative estimate of drug-likeness (QED) is 0.782. The Morgan fingerprint density at radius 2 is 1.78 bits per heavy atom. The van der Waals surface area contributed by atoms with Crippen LogP contribution < -0.4 is 4.74 Å². The summed E-state index contributed by atoms with van der Waals surface area (Å²) >= 11 is 0. The second-order valence-electron chi connectivity index (χ2n) is 5.72. The topological polar surface area (TPSA) is 21.6 Å². The maximum Gasteiger partial charge on any atom is 0.403 e. The Morgan fingerprint density at radius 3 is 2.39 bits per heavy atom. The molecule has 0 saturated heterocycles. The van der Waals surface area contributed by atoms with Crippen LogP contribution in [0.2, 0.25) is 0 Å². The molecule has 2 nitrogen and oxygen atoms in total. The average Bonchev–Trinajstić information content (AvgIpc) is 2.54. The number of halogens is 3. The lowest BCUT2D eigenvalue weighted by molar-refractivity contribution is -0.168. The molecule has 1 aliphatic heterocycles. The molecule has 0 N–H and O–H groups in total. The van der Waals surface area contributed by atoms with E-state index in [1.165, 1.54) is 19.2 Å². The molecule has 0 saturated carbocycles. The number of methoxy groups -OCH3 is 1. The summed E-state index contributed by atoms with van der Waals surface area (Å²) in [7, 11) is 1.48. The van der Waals surface area contributed by atoms with Gasteiger partial charge in [0.25, 0.3) is 0 Å². The van der Waals surface area contributed by atoms with Crippen LogP contribution in [0.15, 0.2) is 47.5 Å². The van der Waals surface area contributed by atoms with E-state index in [4.69, 9.17) is 4.74 Å². The number of ether oxygens (including phenoxy) is 1. The third-order valence-corrected chi connectivity index (χ3v) is 4.32. The van der Waals surface area contributed by atoms with Crippen LogP contribution >= 0.6 is 0 Å². The van der Waals surface area contributed by atoms with E-state index < -0.39 is 11.6 Å². The van der Waals surface area contributed by atoms with Gasteiger partial charge in [-0.25, -0.2) is 0 Å². The summed E-state index contributed by atoms with van der Waals surface area (Å²) in [4.78, 5) is 4.16. The lowest BCUT2D eigenvalue weighted by Crippen LogP contribution is -2.47. The minimum atomic E-state index is -4.44. The zero-order valence-electron chi connectivity index (χ0n) is 12.8. The van der Waals surface area contributed by atoms with Crippen LogP contribution in [0.3, 0.4) is 0 Å². The molecule has 0 spiro atoms. The molecule has 23 heavy (non-hydrogen) atoms. The minimum Gasteiger partial charge on any atom is -0.497 e. The summed E-state index contributed by atoms with van der Waals surface area (Å²) in [5, 5.41) is 0. The van der Waals surface area contributed by atoms with Crippen LogP contribution in [0, 0.1) is 6.92 Å². The molecule has 1 atom stereocenters.